The summed E-state index contributed by atoms with van der Waals surface area (Å²) in [6, 6.07) is 12.5. The first-order valence-electron chi connectivity index (χ1n) is 8.38. The predicted molar refractivity (Wildman–Crippen MR) is 126 cm³/mol. The van der Waals surface area contributed by atoms with Crippen LogP contribution in [0.4, 0.5) is 0 Å². The minimum absolute atomic E-state index is 0.0482. The van der Waals surface area contributed by atoms with E-state index < -0.39 is 0 Å². The normalized spacial score (nSPS) is 10.9. The molecule has 0 saturated carbocycles. The van der Waals surface area contributed by atoms with Crippen LogP contribution in [-0.4, -0.2) is 25.5 Å². The summed E-state index contributed by atoms with van der Waals surface area (Å²) in [5, 5.41) is 4.64. The van der Waals surface area contributed by atoms with E-state index in [-0.39, 0.29) is 44.6 Å². The third-order valence-corrected chi connectivity index (χ3v) is 4.59. The Labute approximate surface area is 204 Å². The van der Waals surface area contributed by atoms with Gasteiger partial charge in [0.2, 0.25) is 0 Å². The molecule has 4 nitrogen and oxygen atoms in total. The van der Waals surface area contributed by atoms with Crippen molar-refractivity contribution >= 4 is 75.3 Å². The Balaban J connectivity index is 2.13. The summed E-state index contributed by atoms with van der Waals surface area (Å²) in [5.74, 6) is 0.720. The SMILES string of the molecule is ClC(Cl)=CCON=C(COc1c(Cl)cc(OCC=C(Cl)Cl)cc1Cl)c1ccccc1. The molecule has 30 heavy (non-hydrogen) atoms. The van der Waals surface area contributed by atoms with Gasteiger partial charge in [-0.15, -0.1) is 0 Å². The van der Waals surface area contributed by atoms with Gasteiger partial charge in [-0.25, -0.2) is 0 Å². The van der Waals surface area contributed by atoms with Crippen LogP contribution in [0.5, 0.6) is 11.5 Å². The summed E-state index contributed by atoms with van der Waals surface area (Å²) in [7, 11) is 0. The van der Waals surface area contributed by atoms with Gasteiger partial charge in [0.05, 0.1) is 10.0 Å². The lowest BCUT2D eigenvalue weighted by molar-refractivity contribution is 0.172. The van der Waals surface area contributed by atoms with Gasteiger partial charge in [0.1, 0.15) is 40.3 Å². The van der Waals surface area contributed by atoms with Crippen LogP contribution < -0.4 is 9.47 Å². The monoisotopic (exact) mass is 527 g/mol. The minimum Gasteiger partial charge on any atom is -0.489 e. The summed E-state index contributed by atoms with van der Waals surface area (Å²) in [5.41, 5.74) is 1.32. The van der Waals surface area contributed by atoms with Crippen molar-refractivity contribution in [2.75, 3.05) is 19.8 Å². The molecule has 0 aliphatic heterocycles. The molecule has 0 spiro atoms. The van der Waals surface area contributed by atoms with E-state index in [9.17, 15) is 0 Å². The molecule has 0 saturated heterocycles. The first-order chi connectivity index (χ1) is 14.4. The lowest BCUT2D eigenvalue weighted by Gasteiger charge is -2.13. The molecule has 2 aromatic rings. The van der Waals surface area contributed by atoms with Crippen molar-refractivity contribution in [1.82, 2.24) is 0 Å². The molecule has 160 valence electrons. The molecule has 0 aliphatic carbocycles. The molecule has 2 aromatic carbocycles. The Bertz CT molecular complexity index is 900. The van der Waals surface area contributed by atoms with E-state index in [4.69, 9.17) is 83.9 Å². The average Bonchev–Trinajstić information content (AvgIpc) is 2.69. The summed E-state index contributed by atoms with van der Waals surface area (Å²) in [6.07, 6.45) is 2.96. The van der Waals surface area contributed by atoms with Crippen LogP contribution in [0.15, 0.2) is 68.8 Å². The lowest BCUT2D eigenvalue weighted by Crippen LogP contribution is -2.14. The van der Waals surface area contributed by atoms with Crippen LogP contribution in [0.3, 0.4) is 0 Å². The van der Waals surface area contributed by atoms with E-state index in [1.54, 1.807) is 12.1 Å². The van der Waals surface area contributed by atoms with Gasteiger partial charge in [0.15, 0.2) is 5.75 Å². The van der Waals surface area contributed by atoms with Crippen molar-refractivity contribution in [3.8, 4) is 11.5 Å². The van der Waals surface area contributed by atoms with Crippen LogP contribution >= 0.6 is 69.6 Å². The van der Waals surface area contributed by atoms with Gasteiger partial charge in [-0.1, -0.05) is 105 Å². The summed E-state index contributed by atoms with van der Waals surface area (Å²) < 4.78 is 11.5. The molecular formula is C20H15Cl6NO3. The Kier molecular flexibility index (Phi) is 11.0. The van der Waals surface area contributed by atoms with Gasteiger partial charge in [0, 0.05) is 17.7 Å². The number of halogens is 6. The van der Waals surface area contributed by atoms with Crippen LogP contribution in [0.25, 0.3) is 0 Å². The fraction of sp³-hybridized carbons (Fsp3) is 0.150. The topological polar surface area (TPSA) is 40.0 Å². The molecule has 0 bridgehead atoms. The Morgan fingerprint density at radius 2 is 1.43 bits per heavy atom. The molecule has 0 aliphatic rings. The number of hydrogen-bond donors (Lipinski definition) is 0. The quantitative estimate of drug-likeness (QED) is 0.179. The van der Waals surface area contributed by atoms with Crippen molar-refractivity contribution in [2.24, 2.45) is 5.16 Å². The summed E-state index contributed by atoms with van der Waals surface area (Å²) in [6.45, 7) is 0.317. The van der Waals surface area contributed by atoms with Gasteiger partial charge in [-0.2, -0.15) is 0 Å². The van der Waals surface area contributed by atoms with Crippen molar-refractivity contribution in [1.29, 1.82) is 0 Å². The zero-order chi connectivity index (χ0) is 21.9. The Hall–Kier alpha value is -1.27. The highest BCUT2D eigenvalue weighted by Gasteiger charge is 2.13. The molecule has 2 rings (SSSR count). The second-order valence-corrected chi connectivity index (χ2v) is 8.33. The molecule has 0 aromatic heterocycles. The first-order valence-corrected chi connectivity index (χ1v) is 10.6. The predicted octanol–water partition coefficient (Wildman–Crippen LogP) is 7.81. The standard InChI is InChI=1S/C20H15Cl6NO3/c21-15-10-14(28-8-6-18(23)24)11-16(22)20(15)29-12-17(13-4-2-1-3-5-13)27-30-9-7-19(25)26/h1-7,10-11H,8-9,12H2. The van der Waals surface area contributed by atoms with E-state index in [2.05, 4.69) is 5.16 Å². The summed E-state index contributed by atoms with van der Waals surface area (Å²) >= 11 is 34.8. The molecule has 10 heteroatoms. The fourth-order valence-electron chi connectivity index (χ4n) is 2.11. The van der Waals surface area contributed by atoms with Crippen LogP contribution in [-0.2, 0) is 4.84 Å². The van der Waals surface area contributed by atoms with Crippen molar-refractivity contribution in [2.45, 2.75) is 0 Å². The highest BCUT2D eigenvalue weighted by Crippen LogP contribution is 2.37. The largest absolute Gasteiger partial charge is 0.489 e. The van der Waals surface area contributed by atoms with Crippen molar-refractivity contribution in [3.63, 3.8) is 0 Å². The van der Waals surface area contributed by atoms with Gasteiger partial charge in [-0.05, 0) is 12.2 Å². The van der Waals surface area contributed by atoms with Gasteiger partial charge >= 0.3 is 0 Å². The minimum atomic E-state index is 0.0482. The van der Waals surface area contributed by atoms with E-state index in [0.717, 1.165) is 5.56 Å². The average molecular weight is 530 g/mol. The van der Waals surface area contributed by atoms with Crippen LogP contribution in [0, 0.1) is 0 Å². The third-order valence-electron chi connectivity index (χ3n) is 3.41. The molecule has 0 unspecified atom stereocenters. The van der Waals surface area contributed by atoms with Crippen LogP contribution in [0.1, 0.15) is 5.56 Å². The molecule has 0 fully saturated rings. The maximum absolute atomic E-state index is 6.30. The maximum atomic E-state index is 6.30. The van der Waals surface area contributed by atoms with Crippen molar-refractivity contribution < 1.29 is 14.3 Å². The number of benzene rings is 2. The van der Waals surface area contributed by atoms with E-state index in [1.807, 2.05) is 30.3 Å². The maximum Gasteiger partial charge on any atom is 0.157 e. The van der Waals surface area contributed by atoms with Gasteiger partial charge < -0.3 is 14.3 Å². The Morgan fingerprint density at radius 1 is 0.833 bits per heavy atom. The number of rotatable bonds is 10. The molecule has 0 N–H and O–H groups in total. The zero-order valence-electron chi connectivity index (χ0n) is 15.3. The summed E-state index contributed by atoms with van der Waals surface area (Å²) in [4.78, 5) is 5.24. The fourth-order valence-corrected chi connectivity index (χ4v) is 2.94. The molecule has 0 radical (unpaired) electrons. The lowest BCUT2D eigenvalue weighted by atomic mass is 10.1. The number of oxime groups is 1. The molecule has 0 atom stereocenters. The molecule has 0 amide bonds. The first kappa shape index (κ1) is 25.0. The molecular weight excluding hydrogens is 515 g/mol. The van der Waals surface area contributed by atoms with E-state index in [1.165, 1.54) is 12.2 Å². The van der Waals surface area contributed by atoms with E-state index in [0.29, 0.717) is 11.5 Å². The van der Waals surface area contributed by atoms with Gasteiger partial charge in [-0.3, -0.25) is 0 Å². The smallest absolute Gasteiger partial charge is 0.157 e. The van der Waals surface area contributed by atoms with E-state index >= 15 is 0 Å². The zero-order valence-corrected chi connectivity index (χ0v) is 19.8. The molecule has 0 heterocycles. The highest BCUT2D eigenvalue weighted by molar-refractivity contribution is 6.56. The third kappa shape index (κ3) is 8.84. The number of ether oxygens (including phenoxy) is 2. The Morgan fingerprint density at radius 3 is 2.03 bits per heavy atom. The van der Waals surface area contributed by atoms with Crippen molar-refractivity contribution in [3.05, 3.63) is 79.2 Å². The second-order valence-electron chi connectivity index (χ2n) is 5.50. The number of nitrogens with zero attached hydrogens (tertiary/aromatic N) is 1. The second kappa shape index (κ2) is 13.2. The highest BCUT2D eigenvalue weighted by atomic mass is 35.5. The van der Waals surface area contributed by atoms with Crippen LogP contribution in [0.2, 0.25) is 10.0 Å². The van der Waals surface area contributed by atoms with Gasteiger partial charge in [0.25, 0.3) is 0 Å². The number of hydrogen-bond acceptors (Lipinski definition) is 4.